The number of fused-ring (bicyclic) bond motifs is 1. The molecule has 2 aliphatic rings. The Morgan fingerprint density at radius 2 is 2.24 bits per heavy atom. The fourth-order valence-electron chi connectivity index (χ4n) is 3.05. The predicted octanol–water partition coefficient (Wildman–Crippen LogP) is 2.61. The number of halogens is 1. The van der Waals surface area contributed by atoms with Crippen LogP contribution in [0.2, 0.25) is 5.02 Å². The molecule has 0 radical (unpaired) electrons. The summed E-state index contributed by atoms with van der Waals surface area (Å²) in [6.45, 7) is 1.39. The van der Waals surface area contributed by atoms with Crippen LogP contribution in [-0.2, 0) is 9.59 Å². The molecule has 1 atom stereocenters. The van der Waals surface area contributed by atoms with Gasteiger partial charge in [-0.15, -0.1) is 0 Å². The smallest absolute Gasteiger partial charge is 0.323 e. The number of rotatable bonds is 4. The Morgan fingerprint density at radius 1 is 1.48 bits per heavy atom. The van der Waals surface area contributed by atoms with E-state index in [2.05, 4.69) is 15.6 Å². The van der Waals surface area contributed by atoms with Crippen molar-refractivity contribution >= 4 is 56.1 Å². The third kappa shape index (κ3) is 2.85. The summed E-state index contributed by atoms with van der Waals surface area (Å²) in [5.41, 5.74) is -0.162. The monoisotopic (exact) mass is 378 g/mol. The third-order valence-corrected chi connectivity index (χ3v) is 5.76. The van der Waals surface area contributed by atoms with Crippen LogP contribution in [0.1, 0.15) is 19.8 Å². The van der Waals surface area contributed by atoms with Gasteiger partial charge in [0.25, 0.3) is 5.91 Å². The highest BCUT2D eigenvalue weighted by atomic mass is 35.5. The first-order chi connectivity index (χ1) is 11.9. The van der Waals surface area contributed by atoms with E-state index in [1.165, 1.54) is 11.3 Å². The van der Waals surface area contributed by atoms with Gasteiger partial charge in [-0.25, -0.2) is 9.78 Å². The third-order valence-electron chi connectivity index (χ3n) is 4.59. The Kier molecular flexibility index (Phi) is 3.69. The molecule has 9 heteroatoms. The Morgan fingerprint density at radius 3 is 2.96 bits per heavy atom. The molecule has 4 rings (SSSR count). The van der Waals surface area contributed by atoms with Gasteiger partial charge in [0, 0.05) is 5.02 Å². The first-order valence-electron chi connectivity index (χ1n) is 7.87. The molecule has 1 aromatic heterocycles. The van der Waals surface area contributed by atoms with E-state index in [1.54, 1.807) is 25.1 Å². The quantitative estimate of drug-likeness (QED) is 0.800. The lowest BCUT2D eigenvalue weighted by atomic mass is 9.96. The lowest BCUT2D eigenvalue weighted by Crippen LogP contribution is -2.46. The zero-order valence-corrected chi connectivity index (χ0v) is 14.9. The minimum atomic E-state index is -0.885. The second kappa shape index (κ2) is 5.67. The molecule has 2 fully saturated rings. The maximum Gasteiger partial charge on any atom is 0.325 e. The second-order valence-corrected chi connectivity index (χ2v) is 7.94. The number of urea groups is 1. The minimum absolute atomic E-state index is 0.158. The van der Waals surface area contributed by atoms with E-state index in [-0.39, 0.29) is 18.4 Å². The van der Waals surface area contributed by atoms with Crippen LogP contribution in [-0.4, -0.2) is 39.8 Å². The summed E-state index contributed by atoms with van der Waals surface area (Å²) in [4.78, 5) is 42.1. The molecule has 1 aromatic carbocycles. The highest BCUT2D eigenvalue weighted by Crippen LogP contribution is 2.42. The number of carbonyl (C=O) groups excluding carboxylic acids is 3. The number of hydrogen-bond donors (Lipinski definition) is 2. The number of hydrogen-bond acceptors (Lipinski definition) is 5. The number of imide groups is 1. The van der Waals surface area contributed by atoms with Gasteiger partial charge in [-0.3, -0.25) is 14.5 Å². The summed E-state index contributed by atoms with van der Waals surface area (Å²) >= 11 is 7.22. The topological polar surface area (TPSA) is 91.4 Å². The van der Waals surface area contributed by atoms with E-state index < -0.39 is 17.5 Å². The van der Waals surface area contributed by atoms with Crippen molar-refractivity contribution in [3.63, 3.8) is 0 Å². The van der Waals surface area contributed by atoms with Gasteiger partial charge in [0.15, 0.2) is 5.13 Å². The van der Waals surface area contributed by atoms with Crippen molar-refractivity contribution in [1.29, 1.82) is 0 Å². The zero-order chi connectivity index (χ0) is 17.8. The average molecular weight is 379 g/mol. The number of carbonyl (C=O) groups is 3. The zero-order valence-electron chi connectivity index (χ0n) is 13.3. The fourth-order valence-corrected chi connectivity index (χ4v) is 4.21. The molecule has 1 aliphatic carbocycles. The van der Waals surface area contributed by atoms with Gasteiger partial charge in [-0.2, -0.15) is 0 Å². The van der Waals surface area contributed by atoms with Crippen molar-refractivity contribution in [3.05, 3.63) is 23.2 Å². The number of nitrogens with one attached hydrogen (secondary N) is 2. The summed E-state index contributed by atoms with van der Waals surface area (Å²) in [7, 11) is 0. The molecule has 1 saturated carbocycles. The van der Waals surface area contributed by atoms with Crippen LogP contribution >= 0.6 is 22.9 Å². The maximum absolute atomic E-state index is 12.5. The molecule has 2 N–H and O–H groups in total. The van der Waals surface area contributed by atoms with E-state index in [4.69, 9.17) is 11.6 Å². The molecule has 0 spiro atoms. The van der Waals surface area contributed by atoms with Crippen molar-refractivity contribution in [1.82, 2.24) is 15.2 Å². The van der Waals surface area contributed by atoms with Crippen molar-refractivity contribution < 1.29 is 14.4 Å². The summed E-state index contributed by atoms with van der Waals surface area (Å²) in [6, 6.07) is 4.73. The summed E-state index contributed by atoms with van der Waals surface area (Å²) in [5.74, 6) is -0.647. The highest BCUT2D eigenvalue weighted by molar-refractivity contribution is 7.22. The lowest BCUT2D eigenvalue weighted by Gasteiger charge is -2.20. The molecule has 0 unspecified atom stereocenters. The molecular weight excluding hydrogens is 364 g/mol. The minimum Gasteiger partial charge on any atom is -0.323 e. The second-order valence-electron chi connectivity index (χ2n) is 6.48. The lowest BCUT2D eigenvalue weighted by molar-refractivity contribution is -0.134. The molecule has 25 heavy (non-hydrogen) atoms. The largest absolute Gasteiger partial charge is 0.325 e. The van der Waals surface area contributed by atoms with Crippen molar-refractivity contribution in [2.24, 2.45) is 5.92 Å². The number of benzene rings is 1. The van der Waals surface area contributed by atoms with E-state index >= 15 is 0 Å². The van der Waals surface area contributed by atoms with Crippen LogP contribution in [0.3, 0.4) is 0 Å². The molecule has 4 amide bonds. The Balaban J connectivity index is 1.46. The van der Waals surface area contributed by atoms with Gasteiger partial charge in [-0.05, 0) is 43.9 Å². The number of nitrogens with zero attached hydrogens (tertiary/aromatic N) is 2. The van der Waals surface area contributed by atoms with Crippen molar-refractivity contribution in [2.45, 2.75) is 25.3 Å². The maximum atomic E-state index is 12.5. The van der Waals surface area contributed by atoms with Crippen LogP contribution in [0.4, 0.5) is 9.93 Å². The van der Waals surface area contributed by atoms with E-state index in [1.807, 2.05) is 0 Å². The van der Waals surface area contributed by atoms with E-state index in [9.17, 15) is 14.4 Å². The molecule has 2 aromatic rings. The fraction of sp³-hybridized carbons (Fsp3) is 0.375. The molecule has 1 saturated heterocycles. The van der Waals surface area contributed by atoms with Crippen LogP contribution in [0.15, 0.2) is 18.2 Å². The molecule has 2 heterocycles. The van der Waals surface area contributed by atoms with Gasteiger partial charge in [0.2, 0.25) is 5.91 Å². The van der Waals surface area contributed by atoms with Crippen LogP contribution < -0.4 is 10.6 Å². The van der Waals surface area contributed by atoms with E-state index in [0.29, 0.717) is 10.2 Å². The SMILES string of the molecule is C[C@]1(C2CC2)NC(=O)N(CC(=O)Nc2nc3ccc(Cl)cc3s2)C1=O. The summed E-state index contributed by atoms with van der Waals surface area (Å²) < 4.78 is 0.846. The molecule has 1 aliphatic heterocycles. The van der Waals surface area contributed by atoms with Crippen LogP contribution in [0.5, 0.6) is 0 Å². The van der Waals surface area contributed by atoms with Gasteiger partial charge in [-0.1, -0.05) is 22.9 Å². The number of anilines is 1. The number of aromatic nitrogens is 1. The first kappa shape index (κ1) is 16.3. The highest BCUT2D eigenvalue weighted by Gasteiger charge is 2.56. The van der Waals surface area contributed by atoms with Crippen LogP contribution in [0.25, 0.3) is 10.2 Å². The van der Waals surface area contributed by atoms with Gasteiger partial charge < -0.3 is 10.6 Å². The predicted molar refractivity (Wildman–Crippen MR) is 94.6 cm³/mol. The van der Waals surface area contributed by atoms with Gasteiger partial charge in [0.05, 0.1) is 10.2 Å². The van der Waals surface area contributed by atoms with Gasteiger partial charge >= 0.3 is 6.03 Å². The standard InChI is InChI=1S/C16H15ClN4O3S/c1-16(8-2-3-8)13(23)21(15(24)20-16)7-12(22)19-14-18-10-5-4-9(17)6-11(10)25-14/h4-6,8H,2-3,7H2,1H3,(H,20,24)(H,18,19,22)/t16-/m1/s1. The average Bonchev–Trinajstić information content (AvgIpc) is 3.29. The molecule has 130 valence electrons. The van der Waals surface area contributed by atoms with E-state index in [0.717, 1.165) is 28.0 Å². The summed E-state index contributed by atoms with van der Waals surface area (Å²) in [6.07, 6.45) is 1.83. The van der Waals surface area contributed by atoms with Gasteiger partial charge in [0.1, 0.15) is 12.1 Å². The Bertz CT molecular complexity index is 910. The van der Waals surface area contributed by atoms with Crippen LogP contribution in [0, 0.1) is 5.92 Å². The Labute approximate surface area is 152 Å². The molecule has 0 bridgehead atoms. The summed E-state index contributed by atoms with van der Waals surface area (Å²) in [5, 5.41) is 6.35. The van der Waals surface area contributed by atoms with Crippen molar-refractivity contribution in [3.8, 4) is 0 Å². The first-order valence-corrected chi connectivity index (χ1v) is 9.06. The normalized spacial score (nSPS) is 23.2. The molecular formula is C16H15ClN4O3S. The number of thiazole rings is 1. The number of amides is 4. The molecule has 7 nitrogen and oxygen atoms in total. The Hall–Kier alpha value is -2.19. The van der Waals surface area contributed by atoms with Crippen molar-refractivity contribution in [2.75, 3.05) is 11.9 Å².